The van der Waals surface area contributed by atoms with Crippen LogP contribution in [-0.2, 0) is 14.3 Å². The van der Waals surface area contributed by atoms with Gasteiger partial charge in [-0.15, -0.1) is 0 Å². The minimum absolute atomic E-state index is 0.0535. The van der Waals surface area contributed by atoms with Crippen LogP contribution in [0, 0.1) is 5.92 Å². The lowest BCUT2D eigenvalue weighted by Gasteiger charge is -2.13. The summed E-state index contributed by atoms with van der Waals surface area (Å²) in [5, 5.41) is 0. The van der Waals surface area contributed by atoms with Crippen LogP contribution in [-0.4, -0.2) is 24.8 Å². The third-order valence-corrected chi connectivity index (χ3v) is 4.25. The number of carbonyl (C=O) groups excluding carboxylic acids is 2. The van der Waals surface area contributed by atoms with Crippen molar-refractivity contribution in [3.63, 3.8) is 0 Å². The van der Waals surface area contributed by atoms with Crippen molar-refractivity contribution in [2.24, 2.45) is 5.92 Å². The molecule has 0 aromatic carbocycles. The molecule has 0 fully saturated rings. The Hall–Kier alpha value is -0.960. The maximum Gasteiger partial charge on any atom is 0.184 e. The van der Waals surface area contributed by atoms with Crippen LogP contribution < -0.4 is 0 Å². The van der Waals surface area contributed by atoms with Crippen molar-refractivity contribution in [1.82, 2.24) is 0 Å². The van der Waals surface area contributed by atoms with E-state index in [0.29, 0.717) is 12.3 Å². The Kier molecular flexibility index (Phi) is 9.24. The van der Waals surface area contributed by atoms with Gasteiger partial charge in [-0.3, -0.25) is 9.59 Å². The van der Waals surface area contributed by atoms with Gasteiger partial charge < -0.3 is 4.74 Å². The van der Waals surface area contributed by atoms with Gasteiger partial charge in [0.25, 0.3) is 0 Å². The molecule has 2 atom stereocenters. The number of hydrogen-bond donors (Lipinski definition) is 0. The van der Waals surface area contributed by atoms with Gasteiger partial charge in [-0.05, 0) is 24.5 Å². The predicted octanol–water partition coefficient (Wildman–Crippen LogP) is 4.25. The molecule has 0 saturated carbocycles. The van der Waals surface area contributed by atoms with Gasteiger partial charge >= 0.3 is 0 Å². The zero-order valence-electron chi connectivity index (χ0n) is 13.6. The lowest BCUT2D eigenvalue weighted by Crippen LogP contribution is -2.21. The van der Waals surface area contributed by atoms with Gasteiger partial charge in [-0.1, -0.05) is 58.3 Å². The zero-order chi connectivity index (χ0) is 15.5. The van der Waals surface area contributed by atoms with Crippen molar-refractivity contribution >= 4 is 11.6 Å². The molecule has 0 spiro atoms. The van der Waals surface area contributed by atoms with E-state index in [0.717, 1.165) is 25.7 Å². The molecule has 120 valence electrons. The van der Waals surface area contributed by atoms with Crippen LogP contribution in [0.4, 0.5) is 0 Å². The fourth-order valence-corrected chi connectivity index (χ4v) is 2.88. The SMILES string of the molecule is COC1CCCCCCCCC[C@@H](C)CC(=O)/C=C/C1=O. The molecule has 1 aliphatic rings. The molecule has 0 saturated heterocycles. The van der Waals surface area contributed by atoms with E-state index in [-0.39, 0.29) is 17.7 Å². The van der Waals surface area contributed by atoms with Crippen molar-refractivity contribution in [3.05, 3.63) is 12.2 Å². The normalized spacial score (nSPS) is 29.2. The van der Waals surface area contributed by atoms with Gasteiger partial charge in [-0.25, -0.2) is 0 Å². The molecule has 0 aromatic rings. The van der Waals surface area contributed by atoms with Gasteiger partial charge in [0, 0.05) is 13.5 Å². The zero-order valence-corrected chi connectivity index (χ0v) is 13.6. The average molecular weight is 294 g/mol. The van der Waals surface area contributed by atoms with Crippen LogP contribution in [0.5, 0.6) is 0 Å². The molecule has 3 nitrogen and oxygen atoms in total. The number of rotatable bonds is 1. The maximum absolute atomic E-state index is 12.0. The molecule has 0 aromatic heterocycles. The van der Waals surface area contributed by atoms with Crippen molar-refractivity contribution < 1.29 is 14.3 Å². The molecule has 1 rings (SSSR count). The maximum atomic E-state index is 12.0. The molecule has 1 aliphatic carbocycles. The fourth-order valence-electron chi connectivity index (χ4n) is 2.88. The summed E-state index contributed by atoms with van der Waals surface area (Å²) < 4.78 is 5.25. The van der Waals surface area contributed by atoms with E-state index in [1.807, 2.05) is 0 Å². The van der Waals surface area contributed by atoms with Gasteiger partial charge in [0.15, 0.2) is 11.6 Å². The smallest absolute Gasteiger partial charge is 0.184 e. The van der Waals surface area contributed by atoms with Crippen LogP contribution in [0.25, 0.3) is 0 Å². The molecule has 3 heteroatoms. The number of carbonyl (C=O) groups is 2. The van der Waals surface area contributed by atoms with E-state index in [4.69, 9.17) is 4.74 Å². The third kappa shape index (κ3) is 8.15. The van der Waals surface area contributed by atoms with Crippen LogP contribution in [0.15, 0.2) is 12.2 Å². The first-order chi connectivity index (χ1) is 10.1. The second-order valence-electron chi connectivity index (χ2n) is 6.29. The monoisotopic (exact) mass is 294 g/mol. The largest absolute Gasteiger partial charge is 0.373 e. The van der Waals surface area contributed by atoms with E-state index < -0.39 is 0 Å². The van der Waals surface area contributed by atoms with Crippen molar-refractivity contribution in [1.29, 1.82) is 0 Å². The summed E-state index contributed by atoms with van der Waals surface area (Å²) in [6.45, 7) is 2.12. The summed E-state index contributed by atoms with van der Waals surface area (Å²) in [5.41, 5.74) is 0. The standard InChI is InChI=1S/C18H30O3/c1-15-10-8-6-4-3-5-7-9-11-18(21-2)17(20)13-12-16(19)14-15/h12-13,15,18H,3-11,14H2,1-2H3/b13-12+/t15-,18?/m1/s1. The van der Waals surface area contributed by atoms with Crippen molar-refractivity contribution in [2.45, 2.75) is 77.2 Å². The highest BCUT2D eigenvalue weighted by atomic mass is 16.5. The lowest BCUT2D eigenvalue weighted by atomic mass is 9.96. The highest BCUT2D eigenvalue weighted by Crippen LogP contribution is 2.17. The van der Waals surface area contributed by atoms with E-state index in [2.05, 4.69) is 6.92 Å². The second kappa shape index (κ2) is 10.7. The highest BCUT2D eigenvalue weighted by Gasteiger charge is 2.15. The summed E-state index contributed by atoms with van der Waals surface area (Å²) in [6, 6.07) is 0. The molecule has 0 aliphatic heterocycles. The topological polar surface area (TPSA) is 43.4 Å². The number of hydrogen-bond acceptors (Lipinski definition) is 3. The Morgan fingerprint density at radius 2 is 1.48 bits per heavy atom. The Bertz CT molecular complexity index is 346. The van der Waals surface area contributed by atoms with Gasteiger partial charge in [0.05, 0.1) is 0 Å². The van der Waals surface area contributed by atoms with E-state index in [9.17, 15) is 9.59 Å². The molecule has 0 amide bonds. The Balaban J connectivity index is 2.58. The van der Waals surface area contributed by atoms with E-state index in [1.165, 1.54) is 44.3 Å². The molecular formula is C18H30O3. The van der Waals surface area contributed by atoms with E-state index in [1.54, 1.807) is 7.11 Å². The van der Waals surface area contributed by atoms with Crippen LogP contribution in [0.2, 0.25) is 0 Å². The average Bonchev–Trinajstić information content (AvgIpc) is 2.46. The van der Waals surface area contributed by atoms with Gasteiger partial charge in [0.1, 0.15) is 6.10 Å². The third-order valence-electron chi connectivity index (χ3n) is 4.25. The molecule has 21 heavy (non-hydrogen) atoms. The quantitative estimate of drug-likeness (QED) is 0.726. The molecular weight excluding hydrogens is 264 g/mol. The first-order valence-electron chi connectivity index (χ1n) is 8.41. The highest BCUT2D eigenvalue weighted by molar-refractivity contribution is 6.00. The second-order valence-corrected chi connectivity index (χ2v) is 6.29. The molecule has 0 radical (unpaired) electrons. The fraction of sp³-hybridized carbons (Fsp3) is 0.778. The summed E-state index contributed by atoms with van der Waals surface area (Å²) in [5.74, 6) is 0.381. The number of methoxy groups -OCH3 is 1. The first-order valence-corrected chi connectivity index (χ1v) is 8.41. The number of allylic oxidation sites excluding steroid dienone is 1. The number of ketones is 2. The van der Waals surface area contributed by atoms with Crippen LogP contribution in [0.1, 0.15) is 71.1 Å². The Labute approximate surface area is 129 Å². The first kappa shape index (κ1) is 18.1. The lowest BCUT2D eigenvalue weighted by molar-refractivity contribution is -0.124. The summed E-state index contributed by atoms with van der Waals surface area (Å²) >= 11 is 0. The van der Waals surface area contributed by atoms with Crippen molar-refractivity contribution in [2.75, 3.05) is 7.11 Å². The molecule has 0 heterocycles. The summed E-state index contributed by atoms with van der Waals surface area (Å²) in [7, 11) is 1.57. The molecule has 0 N–H and O–H groups in total. The minimum Gasteiger partial charge on any atom is -0.373 e. The number of ether oxygens (including phenoxy) is 1. The van der Waals surface area contributed by atoms with E-state index >= 15 is 0 Å². The van der Waals surface area contributed by atoms with Gasteiger partial charge in [-0.2, -0.15) is 0 Å². The summed E-state index contributed by atoms with van der Waals surface area (Å²) in [4.78, 5) is 23.8. The Morgan fingerprint density at radius 1 is 0.905 bits per heavy atom. The van der Waals surface area contributed by atoms with Gasteiger partial charge in [0.2, 0.25) is 0 Å². The van der Waals surface area contributed by atoms with Crippen LogP contribution in [0.3, 0.4) is 0 Å². The minimum atomic E-state index is -0.389. The summed E-state index contributed by atoms with van der Waals surface area (Å²) in [6.07, 6.45) is 13.3. The molecule has 1 unspecified atom stereocenters. The van der Waals surface area contributed by atoms with Crippen molar-refractivity contribution in [3.8, 4) is 0 Å². The Morgan fingerprint density at radius 3 is 2.10 bits per heavy atom. The van der Waals surface area contributed by atoms with Crippen LogP contribution >= 0.6 is 0 Å². The molecule has 0 bridgehead atoms. The predicted molar refractivity (Wildman–Crippen MR) is 85.3 cm³/mol.